The summed E-state index contributed by atoms with van der Waals surface area (Å²) in [6.07, 6.45) is 3.08. The van der Waals surface area contributed by atoms with Crippen LogP contribution in [0.3, 0.4) is 0 Å². The maximum Gasteiger partial charge on any atom is 0.271 e. The van der Waals surface area contributed by atoms with E-state index in [1.54, 1.807) is 0 Å². The molecule has 0 spiro atoms. The number of aromatic nitrogens is 11. The lowest BCUT2D eigenvalue weighted by molar-refractivity contribution is 0.189. The molecule has 0 bridgehead atoms. The van der Waals surface area contributed by atoms with E-state index >= 15 is 0 Å². The van der Waals surface area contributed by atoms with Gasteiger partial charge in [-0.2, -0.15) is 5.10 Å². The number of hydrogen-bond donors (Lipinski definition) is 0. The predicted octanol–water partition coefficient (Wildman–Crippen LogP) is 3.65. The highest BCUT2D eigenvalue weighted by Crippen LogP contribution is 2.38. The first-order valence-corrected chi connectivity index (χ1v) is 13.0. The molecule has 1 aliphatic rings. The summed E-state index contributed by atoms with van der Waals surface area (Å²) in [4.78, 5) is 0. The first kappa shape index (κ1) is 22.6. The highest BCUT2D eigenvalue weighted by atomic mass is 15.7. The fraction of sp³-hybridized carbons (Fsp3) is 0.346. The molecule has 1 fully saturated rings. The van der Waals surface area contributed by atoms with Crippen LogP contribution in [-0.4, -0.2) is 54.6 Å². The summed E-state index contributed by atoms with van der Waals surface area (Å²) in [7, 11) is 0. The summed E-state index contributed by atoms with van der Waals surface area (Å²) in [5.74, 6) is 1.47. The van der Waals surface area contributed by atoms with Crippen molar-refractivity contribution < 1.29 is 0 Å². The van der Waals surface area contributed by atoms with E-state index in [2.05, 4.69) is 59.6 Å². The number of aryl methyl sites for hydroxylation is 3. The lowest BCUT2D eigenvalue weighted by Gasteiger charge is -2.44. The van der Waals surface area contributed by atoms with Crippen molar-refractivity contribution in [1.29, 1.82) is 0 Å². The van der Waals surface area contributed by atoms with Crippen molar-refractivity contribution >= 4 is 22.1 Å². The molecule has 1 saturated heterocycles. The second kappa shape index (κ2) is 8.75. The van der Waals surface area contributed by atoms with Crippen LogP contribution in [0.4, 0.5) is 0 Å². The molecule has 0 aliphatic carbocycles. The van der Waals surface area contributed by atoms with Gasteiger partial charge in [-0.25, -0.2) is 18.7 Å². The molecule has 12 nitrogen and oxygen atoms in total. The maximum absolute atomic E-state index is 4.76. The predicted molar refractivity (Wildman–Crippen MR) is 141 cm³/mol. The van der Waals surface area contributed by atoms with Gasteiger partial charge in [0.05, 0.1) is 16.7 Å². The summed E-state index contributed by atoms with van der Waals surface area (Å²) in [5, 5.41) is 34.6. The van der Waals surface area contributed by atoms with E-state index in [1.165, 1.54) is 0 Å². The van der Waals surface area contributed by atoms with Gasteiger partial charge in [-0.15, -0.1) is 20.4 Å². The van der Waals surface area contributed by atoms with E-state index in [0.29, 0.717) is 12.4 Å². The summed E-state index contributed by atoms with van der Waals surface area (Å²) < 4.78 is 8.01. The topological polar surface area (TPSA) is 113 Å². The van der Waals surface area contributed by atoms with Crippen molar-refractivity contribution in [3.8, 4) is 5.95 Å². The highest BCUT2D eigenvalue weighted by Gasteiger charge is 2.39. The monoisotopic (exact) mass is 508 g/mol. The zero-order valence-electron chi connectivity index (χ0n) is 21.5. The number of benzene rings is 2. The minimum absolute atomic E-state index is 0.166. The Hall–Kier alpha value is -4.61. The van der Waals surface area contributed by atoms with Gasteiger partial charge in [-0.1, -0.05) is 41.6 Å². The van der Waals surface area contributed by atoms with Gasteiger partial charge in [0.2, 0.25) is 0 Å². The van der Waals surface area contributed by atoms with Gasteiger partial charge in [0.15, 0.2) is 5.82 Å². The third kappa shape index (κ3) is 3.40. The number of para-hydroxylation sites is 2. The lowest BCUT2D eigenvalue weighted by Crippen LogP contribution is -2.50. The minimum Gasteiger partial charge on any atom is -0.260 e. The third-order valence-corrected chi connectivity index (χ3v) is 7.29. The van der Waals surface area contributed by atoms with Crippen molar-refractivity contribution in [2.45, 2.75) is 58.8 Å². The van der Waals surface area contributed by atoms with Crippen LogP contribution in [0, 0.1) is 13.8 Å². The van der Waals surface area contributed by atoms with E-state index in [-0.39, 0.29) is 12.3 Å². The van der Waals surface area contributed by atoms with Crippen LogP contribution in [0.5, 0.6) is 0 Å². The summed E-state index contributed by atoms with van der Waals surface area (Å²) >= 11 is 0. The van der Waals surface area contributed by atoms with E-state index in [9.17, 15) is 0 Å². The Kier molecular flexibility index (Phi) is 5.20. The van der Waals surface area contributed by atoms with E-state index in [1.807, 2.05) is 70.4 Å². The van der Waals surface area contributed by atoms with Crippen molar-refractivity contribution in [2.24, 2.45) is 0 Å². The smallest absolute Gasteiger partial charge is 0.260 e. The molecule has 6 aromatic rings. The molecule has 0 saturated carbocycles. The molecule has 0 unspecified atom stereocenters. The van der Waals surface area contributed by atoms with Gasteiger partial charge in [0, 0.05) is 12.1 Å². The molecule has 0 amide bonds. The van der Waals surface area contributed by atoms with Crippen LogP contribution < -0.4 is 5.01 Å². The highest BCUT2D eigenvalue weighted by molar-refractivity contribution is 5.75. The Morgan fingerprint density at radius 1 is 0.789 bits per heavy atom. The first-order valence-electron chi connectivity index (χ1n) is 13.0. The van der Waals surface area contributed by atoms with Crippen LogP contribution in [0.25, 0.3) is 28.0 Å². The van der Waals surface area contributed by atoms with Crippen LogP contribution in [-0.2, 0) is 6.42 Å². The Labute approximate surface area is 218 Å². The number of piperidine rings is 1. The van der Waals surface area contributed by atoms with Gasteiger partial charge in [0.1, 0.15) is 23.4 Å². The van der Waals surface area contributed by atoms with E-state index < -0.39 is 0 Å². The van der Waals surface area contributed by atoms with Crippen LogP contribution in [0.2, 0.25) is 0 Å². The molecule has 7 rings (SSSR count). The zero-order chi connectivity index (χ0) is 25.8. The van der Waals surface area contributed by atoms with Crippen molar-refractivity contribution in [2.75, 3.05) is 5.01 Å². The number of nitrogens with zero attached hydrogens (tertiary/aromatic N) is 12. The van der Waals surface area contributed by atoms with E-state index in [4.69, 9.17) is 5.10 Å². The van der Waals surface area contributed by atoms with Crippen molar-refractivity contribution in [3.63, 3.8) is 0 Å². The molecule has 1 aliphatic heterocycles. The van der Waals surface area contributed by atoms with Gasteiger partial charge >= 0.3 is 0 Å². The molecule has 2 aromatic carbocycles. The molecule has 2 atom stereocenters. The van der Waals surface area contributed by atoms with Gasteiger partial charge in [0.25, 0.3) is 5.95 Å². The molecular weight excluding hydrogens is 480 g/mol. The second-order valence-electron chi connectivity index (χ2n) is 9.74. The normalized spacial score (nSPS) is 18.1. The Bertz CT molecular complexity index is 1670. The molecule has 38 heavy (non-hydrogen) atoms. The first-order chi connectivity index (χ1) is 18.6. The summed E-state index contributed by atoms with van der Waals surface area (Å²) in [6, 6.07) is 18.2. The molecule has 5 heterocycles. The van der Waals surface area contributed by atoms with Crippen LogP contribution in [0.15, 0.2) is 54.6 Å². The Balaban J connectivity index is 1.48. The van der Waals surface area contributed by atoms with Crippen LogP contribution in [0.1, 0.15) is 55.7 Å². The lowest BCUT2D eigenvalue weighted by atomic mass is 10.1. The third-order valence-electron chi connectivity index (χ3n) is 7.29. The number of hydrogen-bond acceptors (Lipinski definition) is 8. The van der Waals surface area contributed by atoms with Gasteiger partial charge in [-0.05, 0) is 63.4 Å². The van der Waals surface area contributed by atoms with E-state index in [0.717, 1.165) is 58.5 Å². The zero-order valence-corrected chi connectivity index (χ0v) is 21.5. The minimum atomic E-state index is -0.166. The Morgan fingerprint density at radius 2 is 1.39 bits per heavy atom. The number of rotatable bonds is 5. The summed E-state index contributed by atoms with van der Waals surface area (Å²) in [6.45, 7) is 6.11. The van der Waals surface area contributed by atoms with Crippen molar-refractivity contribution in [1.82, 2.24) is 54.6 Å². The van der Waals surface area contributed by atoms with Gasteiger partial charge < -0.3 is 0 Å². The largest absolute Gasteiger partial charge is 0.271 e. The number of fused-ring (bicyclic) bond motifs is 2. The van der Waals surface area contributed by atoms with Crippen molar-refractivity contribution in [3.05, 3.63) is 71.8 Å². The molecule has 0 N–H and O–H groups in total. The average Bonchev–Trinajstić information content (AvgIpc) is 3.72. The van der Waals surface area contributed by atoms with Crippen LogP contribution >= 0.6 is 0 Å². The molecule has 0 radical (unpaired) electrons. The average molecular weight is 509 g/mol. The Morgan fingerprint density at radius 3 is 1.95 bits per heavy atom. The molecule has 12 heteroatoms. The SMILES string of the molecule is CCc1nnc(-n2nc(C)cc2C)n1N1[C@H](n2nnc3ccccc32)CCC[C@H]1n1nnc2ccccc21. The summed E-state index contributed by atoms with van der Waals surface area (Å²) in [5.41, 5.74) is 5.58. The fourth-order valence-corrected chi connectivity index (χ4v) is 5.62. The quantitative estimate of drug-likeness (QED) is 0.347. The molecule has 4 aromatic heterocycles. The standard InChI is InChI=1S/C26H28N12/c1-4-23-29-30-26(34-18(3)16-17(2)31-34)37(23)38-24(35-21-12-7-5-10-19(21)27-32-35)14-9-15-25(38)36-22-13-8-6-11-20(22)28-33-36/h5-8,10-13,16,24-25H,4,9,14-15H2,1-3H3/t24-,25-/m0/s1. The van der Waals surface area contributed by atoms with Gasteiger partial charge in [-0.3, -0.25) is 5.01 Å². The molecular formula is C26H28N12. The molecule has 192 valence electrons. The fourth-order valence-electron chi connectivity index (χ4n) is 5.62. The maximum atomic E-state index is 4.76. The second-order valence-corrected chi connectivity index (χ2v) is 9.74.